The van der Waals surface area contributed by atoms with E-state index in [1.807, 2.05) is 0 Å². The summed E-state index contributed by atoms with van der Waals surface area (Å²) in [5.41, 5.74) is 0.587. The third kappa shape index (κ3) is 5.93. The van der Waals surface area contributed by atoms with Crippen LogP contribution in [-0.2, 0) is 0 Å². The number of carboxylic acids is 1. The minimum Gasteiger partial charge on any atom is -0.492 e. The number of piperidine rings is 1. The van der Waals surface area contributed by atoms with Crippen molar-refractivity contribution in [3.63, 3.8) is 0 Å². The van der Waals surface area contributed by atoms with Crippen LogP contribution in [0.25, 0.3) is 11.3 Å². The summed E-state index contributed by atoms with van der Waals surface area (Å²) >= 11 is 0. The average molecular weight is 408 g/mol. The molecule has 0 amide bonds. The fourth-order valence-electron chi connectivity index (χ4n) is 3.40. The third-order valence-corrected chi connectivity index (χ3v) is 4.93. The molecule has 1 aromatic carbocycles. The molecule has 0 aliphatic carbocycles. The van der Waals surface area contributed by atoms with Crippen LogP contribution in [0.4, 0.5) is 13.2 Å². The zero-order valence-corrected chi connectivity index (χ0v) is 16.1. The number of aromatic nitrogens is 1. The summed E-state index contributed by atoms with van der Waals surface area (Å²) in [6, 6.07) is 7.25. The van der Waals surface area contributed by atoms with Gasteiger partial charge in [0.2, 0.25) is 0 Å². The highest BCUT2D eigenvalue weighted by Crippen LogP contribution is 2.24. The van der Waals surface area contributed by atoms with Gasteiger partial charge in [0.05, 0.1) is 30.6 Å². The van der Waals surface area contributed by atoms with E-state index >= 15 is 0 Å². The SMILES string of the molecule is CC(F)(F)CN1CCC(COc2ccc(-c3ccc(C(=O)O)c(F)c3)nc2)CC1. The van der Waals surface area contributed by atoms with Crippen molar-refractivity contribution in [3.8, 4) is 17.0 Å². The van der Waals surface area contributed by atoms with E-state index < -0.39 is 17.7 Å². The summed E-state index contributed by atoms with van der Waals surface area (Å²) in [6.45, 7) is 2.48. The smallest absolute Gasteiger partial charge is 0.338 e. The number of carboxylic acid groups (broad SMARTS) is 1. The summed E-state index contributed by atoms with van der Waals surface area (Å²) < 4.78 is 45.8. The Balaban J connectivity index is 1.51. The predicted molar refractivity (Wildman–Crippen MR) is 102 cm³/mol. The van der Waals surface area contributed by atoms with Crippen molar-refractivity contribution in [1.29, 1.82) is 0 Å². The first kappa shape index (κ1) is 21.1. The lowest BCUT2D eigenvalue weighted by Gasteiger charge is -2.33. The number of nitrogens with zero attached hydrogens (tertiary/aromatic N) is 2. The molecule has 0 atom stereocenters. The number of halogens is 3. The lowest BCUT2D eigenvalue weighted by atomic mass is 9.97. The molecule has 1 aromatic heterocycles. The van der Waals surface area contributed by atoms with Crippen molar-refractivity contribution in [3.05, 3.63) is 47.9 Å². The largest absolute Gasteiger partial charge is 0.492 e. The molecule has 1 N–H and O–H groups in total. The number of ether oxygens (including phenoxy) is 1. The van der Waals surface area contributed by atoms with Gasteiger partial charge in [0.1, 0.15) is 11.6 Å². The molecule has 156 valence electrons. The fourth-order valence-corrected chi connectivity index (χ4v) is 3.40. The van der Waals surface area contributed by atoms with Gasteiger partial charge in [-0.1, -0.05) is 6.07 Å². The standard InChI is InChI=1S/C21H23F3N2O3/c1-21(23,24)13-26-8-6-14(7-9-26)12-29-16-3-5-19(25-11-16)15-2-4-17(20(27)28)18(22)10-15/h2-5,10-11,14H,6-9,12-13H2,1H3,(H,27,28). The maximum absolute atomic E-state index is 13.8. The molecule has 5 nitrogen and oxygen atoms in total. The van der Waals surface area contributed by atoms with Crippen LogP contribution in [-0.4, -0.2) is 53.1 Å². The molecule has 1 aliphatic rings. The van der Waals surface area contributed by atoms with Crippen molar-refractivity contribution in [2.75, 3.05) is 26.2 Å². The maximum atomic E-state index is 13.8. The Bertz CT molecular complexity index is 845. The Hall–Kier alpha value is -2.61. The van der Waals surface area contributed by atoms with Gasteiger partial charge in [-0.05, 0) is 56.1 Å². The van der Waals surface area contributed by atoms with Crippen LogP contribution in [0.3, 0.4) is 0 Å². The Morgan fingerprint density at radius 2 is 2.00 bits per heavy atom. The van der Waals surface area contributed by atoms with Crippen molar-refractivity contribution in [2.45, 2.75) is 25.7 Å². The number of rotatable bonds is 7. The minimum atomic E-state index is -2.67. The topological polar surface area (TPSA) is 62.7 Å². The number of alkyl halides is 2. The zero-order chi connectivity index (χ0) is 21.0. The molecule has 1 aliphatic heterocycles. The molecule has 3 rings (SSSR count). The Morgan fingerprint density at radius 1 is 1.28 bits per heavy atom. The molecule has 0 unspecified atom stereocenters. The lowest BCUT2D eigenvalue weighted by molar-refractivity contribution is -0.0238. The molecular formula is C21H23F3N2O3. The number of likely N-dealkylation sites (tertiary alicyclic amines) is 1. The van der Waals surface area contributed by atoms with Gasteiger partial charge in [-0.2, -0.15) is 0 Å². The Kier molecular flexibility index (Phi) is 6.42. The van der Waals surface area contributed by atoms with Crippen molar-refractivity contribution in [1.82, 2.24) is 9.88 Å². The summed E-state index contributed by atoms with van der Waals surface area (Å²) in [5.74, 6) is -3.94. The Labute approximate surface area is 167 Å². The second-order valence-electron chi connectivity index (χ2n) is 7.48. The molecule has 2 aromatic rings. The minimum absolute atomic E-state index is 0.208. The van der Waals surface area contributed by atoms with Gasteiger partial charge in [-0.25, -0.2) is 18.0 Å². The van der Waals surface area contributed by atoms with E-state index in [9.17, 15) is 18.0 Å². The fraction of sp³-hybridized carbons (Fsp3) is 0.429. The molecule has 0 spiro atoms. The van der Waals surface area contributed by atoms with Crippen LogP contribution in [0.15, 0.2) is 36.5 Å². The van der Waals surface area contributed by atoms with E-state index in [-0.39, 0.29) is 12.1 Å². The molecular weight excluding hydrogens is 385 g/mol. The molecule has 0 bridgehead atoms. The van der Waals surface area contributed by atoms with Gasteiger partial charge >= 0.3 is 5.97 Å². The molecule has 8 heteroatoms. The molecule has 2 heterocycles. The molecule has 0 radical (unpaired) electrons. The molecule has 1 fully saturated rings. The number of aromatic carboxylic acids is 1. The summed E-state index contributed by atoms with van der Waals surface area (Å²) in [4.78, 5) is 16.9. The van der Waals surface area contributed by atoms with Gasteiger partial charge in [0.25, 0.3) is 5.92 Å². The van der Waals surface area contributed by atoms with Crippen LogP contribution < -0.4 is 4.74 Å². The van der Waals surface area contributed by atoms with Crippen LogP contribution >= 0.6 is 0 Å². The normalized spacial score (nSPS) is 16.0. The predicted octanol–water partition coefficient (Wildman–Crippen LogP) is 4.33. The van der Waals surface area contributed by atoms with Crippen molar-refractivity contribution >= 4 is 5.97 Å². The monoisotopic (exact) mass is 408 g/mol. The second-order valence-corrected chi connectivity index (χ2v) is 7.48. The first-order valence-corrected chi connectivity index (χ1v) is 9.43. The quantitative estimate of drug-likeness (QED) is 0.739. The van der Waals surface area contributed by atoms with Crippen LogP contribution in [0.2, 0.25) is 0 Å². The number of pyridine rings is 1. The molecule has 29 heavy (non-hydrogen) atoms. The highest BCUT2D eigenvalue weighted by Gasteiger charge is 2.28. The van der Waals surface area contributed by atoms with E-state index in [1.165, 1.54) is 18.3 Å². The summed E-state index contributed by atoms with van der Waals surface area (Å²) in [5, 5.41) is 8.89. The summed E-state index contributed by atoms with van der Waals surface area (Å²) in [7, 11) is 0. The summed E-state index contributed by atoms with van der Waals surface area (Å²) in [6.07, 6.45) is 3.14. The molecule has 0 saturated carbocycles. The van der Waals surface area contributed by atoms with Crippen molar-refractivity contribution in [2.24, 2.45) is 5.92 Å². The van der Waals surface area contributed by atoms with Crippen molar-refractivity contribution < 1.29 is 27.8 Å². The Morgan fingerprint density at radius 3 is 2.55 bits per heavy atom. The number of hydrogen-bond acceptors (Lipinski definition) is 4. The van der Waals surface area contributed by atoms with Gasteiger partial charge in [0.15, 0.2) is 0 Å². The highest BCUT2D eigenvalue weighted by molar-refractivity contribution is 5.88. The third-order valence-electron chi connectivity index (χ3n) is 4.93. The van der Waals surface area contributed by atoms with E-state index in [1.54, 1.807) is 17.0 Å². The van der Waals surface area contributed by atoms with E-state index in [4.69, 9.17) is 9.84 Å². The van der Waals surface area contributed by atoms with Crippen LogP contribution in [0.1, 0.15) is 30.1 Å². The number of hydrogen-bond donors (Lipinski definition) is 1. The van der Waals surface area contributed by atoms with Crippen LogP contribution in [0, 0.1) is 11.7 Å². The zero-order valence-electron chi connectivity index (χ0n) is 16.1. The van der Waals surface area contributed by atoms with Gasteiger partial charge in [-0.15, -0.1) is 0 Å². The molecule has 1 saturated heterocycles. The first-order chi connectivity index (χ1) is 13.7. The van der Waals surface area contributed by atoms with Gasteiger partial charge in [0, 0.05) is 12.5 Å². The van der Waals surface area contributed by atoms with E-state index in [2.05, 4.69) is 4.98 Å². The van der Waals surface area contributed by atoms with Gasteiger partial charge in [-0.3, -0.25) is 9.88 Å². The average Bonchev–Trinajstić information content (AvgIpc) is 2.66. The van der Waals surface area contributed by atoms with E-state index in [0.29, 0.717) is 42.6 Å². The van der Waals surface area contributed by atoms with Gasteiger partial charge < -0.3 is 9.84 Å². The number of carbonyl (C=O) groups is 1. The lowest BCUT2D eigenvalue weighted by Crippen LogP contribution is -2.41. The number of benzene rings is 1. The maximum Gasteiger partial charge on any atom is 0.338 e. The highest BCUT2D eigenvalue weighted by atomic mass is 19.3. The van der Waals surface area contributed by atoms with Crippen LogP contribution in [0.5, 0.6) is 5.75 Å². The van der Waals surface area contributed by atoms with E-state index in [0.717, 1.165) is 25.8 Å². The second kappa shape index (κ2) is 8.82. The first-order valence-electron chi connectivity index (χ1n) is 9.43.